The molecule has 1 aliphatic rings. The Morgan fingerprint density at radius 2 is 2.22 bits per heavy atom. The van der Waals surface area contributed by atoms with Gasteiger partial charge in [0, 0.05) is 17.8 Å². The van der Waals surface area contributed by atoms with E-state index in [9.17, 15) is 9.59 Å². The molecule has 1 unspecified atom stereocenters. The van der Waals surface area contributed by atoms with Crippen LogP contribution in [0.2, 0.25) is 0 Å². The van der Waals surface area contributed by atoms with Gasteiger partial charge in [-0.2, -0.15) is 0 Å². The van der Waals surface area contributed by atoms with Gasteiger partial charge in [-0.05, 0) is 30.9 Å². The Hall–Kier alpha value is -1.40. The lowest BCUT2D eigenvalue weighted by molar-refractivity contribution is -0.146. The number of hydrogen-bond donors (Lipinski definition) is 3. The Morgan fingerprint density at radius 3 is 2.89 bits per heavy atom. The van der Waals surface area contributed by atoms with Crippen LogP contribution in [0.5, 0.6) is 0 Å². The summed E-state index contributed by atoms with van der Waals surface area (Å²) >= 11 is 1.50. The second-order valence-electron chi connectivity index (χ2n) is 4.31. The number of aryl methyl sites for hydroxylation is 2. The van der Waals surface area contributed by atoms with Crippen LogP contribution in [0.15, 0.2) is 6.07 Å². The Kier molecular flexibility index (Phi) is 3.98. The number of carbonyl (C=O) groups is 2. The molecule has 1 amide bonds. The van der Waals surface area contributed by atoms with Crippen LogP contribution in [0, 0.1) is 0 Å². The second kappa shape index (κ2) is 5.49. The highest BCUT2D eigenvalue weighted by molar-refractivity contribution is 7.14. The number of thiophene rings is 1. The highest BCUT2D eigenvalue weighted by Gasteiger charge is 2.19. The molecule has 0 fully saturated rings. The highest BCUT2D eigenvalue weighted by Crippen LogP contribution is 2.30. The number of hydrogen-bond acceptors (Lipinski definition) is 4. The van der Waals surface area contributed by atoms with Gasteiger partial charge in [0.15, 0.2) is 6.10 Å². The zero-order valence-corrected chi connectivity index (χ0v) is 10.6. The number of carbonyl (C=O) groups excluding carboxylic acids is 1. The Bertz CT molecular complexity index is 447. The molecule has 0 radical (unpaired) electrons. The largest absolute Gasteiger partial charge is 0.479 e. The third kappa shape index (κ3) is 2.88. The van der Waals surface area contributed by atoms with Crippen molar-refractivity contribution in [3.8, 4) is 0 Å². The first kappa shape index (κ1) is 13.0. The van der Waals surface area contributed by atoms with Crippen LogP contribution >= 0.6 is 11.3 Å². The third-order valence-corrected chi connectivity index (χ3v) is 4.19. The van der Waals surface area contributed by atoms with Crippen LogP contribution in [0.25, 0.3) is 0 Å². The zero-order chi connectivity index (χ0) is 13.1. The van der Waals surface area contributed by atoms with Gasteiger partial charge in [0.05, 0.1) is 4.88 Å². The Labute approximate surface area is 108 Å². The van der Waals surface area contributed by atoms with Crippen molar-refractivity contribution in [1.29, 1.82) is 0 Å². The molecule has 1 aromatic heterocycles. The predicted octanol–water partition coefficient (Wildman–Crippen LogP) is 0.802. The number of carboxylic acid groups (broad SMARTS) is 1. The summed E-state index contributed by atoms with van der Waals surface area (Å²) in [6.45, 7) is 0.162. The maximum absolute atomic E-state index is 11.8. The summed E-state index contributed by atoms with van der Waals surface area (Å²) in [5, 5.41) is 20.2. The molecule has 0 saturated heterocycles. The second-order valence-corrected chi connectivity index (χ2v) is 5.45. The summed E-state index contributed by atoms with van der Waals surface area (Å²) in [6, 6.07) is 1.91. The van der Waals surface area contributed by atoms with Gasteiger partial charge >= 0.3 is 5.97 Å². The van der Waals surface area contributed by atoms with Crippen molar-refractivity contribution in [2.45, 2.75) is 31.8 Å². The van der Waals surface area contributed by atoms with Crippen molar-refractivity contribution in [2.24, 2.45) is 0 Å². The number of nitrogens with one attached hydrogen (secondary N) is 1. The molecule has 0 saturated carbocycles. The van der Waals surface area contributed by atoms with Crippen LogP contribution in [0.3, 0.4) is 0 Å². The van der Waals surface area contributed by atoms with Crippen LogP contribution in [0.4, 0.5) is 0 Å². The molecule has 0 spiro atoms. The van der Waals surface area contributed by atoms with Gasteiger partial charge in [-0.15, -0.1) is 11.3 Å². The van der Waals surface area contributed by atoms with Crippen LogP contribution in [-0.4, -0.2) is 34.7 Å². The maximum atomic E-state index is 11.8. The van der Waals surface area contributed by atoms with Gasteiger partial charge < -0.3 is 15.5 Å². The number of amides is 1. The molecule has 0 aliphatic heterocycles. The third-order valence-electron chi connectivity index (χ3n) is 2.96. The molecule has 2 rings (SSSR count). The smallest absolute Gasteiger partial charge is 0.332 e. The van der Waals surface area contributed by atoms with Crippen LogP contribution in [0.1, 0.15) is 33.0 Å². The molecule has 1 atom stereocenters. The van der Waals surface area contributed by atoms with Gasteiger partial charge in [0.1, 0.15) is 0 Å². The normalized spacial score (nSPS) is 15.2. The van der Waals surface area contributed by atoms with Crippen LogP contribution in [-0.2, 0) is 17.6 Å². The summed E-state index contributed by atoms with van der Waals surface area (Å²) in [5.41, 5.74) is 1.26. The molecule has 98 valence electrons. The fourth-order valence-electron chi connectivity index (χ4n) is 1.97. The fourth-order valence-corrected chi connectivity index (χ4v) is 3.14. The minimum atomic E-state index is -1.42. The lowest BCUT2D eigenvalue weighted by Crippen LogP contribution is -2.29. The monoisotopic (exact) mass is 269 g/mol. The number of aliphatic hydroxyl groups excluding tert-OH is 1. The summed E-state index contributed by atoms with van der Waals surface area (Å²) in [7, 11) is 0. The number of aliphatic carboxylic acids is 1. The average Bonchev–Trinajstić information content (AvgIpc) is 2.88. The SMILES string of the molecule is O=C(NCCC(O)C(=O)O)c1cc2c(s1)CCC2. The standard InChI is InChI=1S/C12H15NO4S/c14-8(12(16)17)4-5-13-11(15)10-6-7-2-1-3-9(7)18-10/h6,8,14H,1-5H2,(H,13,15)(H,16,17). The fraction of sp³-hybridized carbons (Fsp3) is 0.500. The molecule has 1 heterocycles. The van der Waals surface area contributed by atoms with Crippen molar-refractivity contribution in [3.05, 3.63) is 21.4 Å². The predicted molar refractivity (Wildman–Crippen MR) is 66.9 cm³/mol. The molecule has 5 nitrogen and oxygen atoms in total. The quantitative estimate of drug-likeness (QED) is 0.738. The van der Waals surface area contributed by atoms with Gasteiger partial charge in [0.2, 0.25) is 0 Å². The van der Waals surface area contributed by atoms with E-state index >= 15 is 0 Å². The first-order valence-electron chi connectivity index (χ1n) is 5.88. The van der Waals surface area contributed by atoms with Gasteiger partial charge in [-0.3, -0.25) is 4.79 Å². The molecule has 1 aliphatic carbocycles. The van der Waals surface area contributed by atoms with E-state index in [1.165, 1.54) is 21.8 Å². The van der Waals surface area contributed by atoms with Crippen molar-refractivity contribution < 1.29 is 19.8 Å². The van der Waals surface area contributed by atoms with E-state index in [4.69, 9.17) is 10.2 Å². The van der Waals surface area contributed by atoms with Crippen molar-refractivity contribution in [2.75, 3.05) is 6.54 Å². The highest BCUT2D eigenvalue weighted by atomic mass is 32.1. The minimum absolute atomic E-state index is 0.0200. The minimum Gasteiger partial charge on any atom is -0.479 e. The maximum Gasteiger partial charge on any atom is 0.332 e. The topological polar surface area (TPSA) is 86.6 Å². The number of carboxylic acids is 1. The van der Waals surface area contributed by atoms with E-state index in [1.807, 2.05) is 6.07 Å². The lowest BCUT2D eigenvalue weighted by Gasteiger charge is -2.06. The van der Waals surface area contributed by atoms with Crippen molar-refractivity contribution in [3.63, 3.8) is 0 Å². The first-order chi connectivity index (χ1) is 8.58. The molecule has 0 aromatic carbocycles. The van der Waals surface area contributed by atoms with E-state index < -0.39 is 12.1 Å². The summed E-state index contributed by atoms with van der Waals surface area (Å²) in [6.07, 6.45) is 1.85. The van der Waals surface area contributed by atoms with E-state index in [2.05, 4.69) is 5.32 Å². The van der Waals surface area contributed by atoms with Crippen molar-refractivity contribution >= 4 is 23.2 Å². The van der Waals surface area contributed by atoms with E-state index in [0.717, 1.165) is 19.3 Å². The number of aliphatic hydroxyl groups is 1. The van der Waals surface area contributed by atoms with Gasteiger partial charge in [-0.25, -0.2) is 4.79 Å². The van der Waals surface area contributed by atoms with E-state index in [1.54, 1.807) is 0 Å². The average molecular weight is 269 g/mol. The number of fused-ring (bicyclic) bond motifs is 1. The molecule has 18 heavy (non-hydrogen) atoms. The van der Waals surface area contributed by atoms with Crippen LogP contribution < -0.4 is 5.32 Å². The van der Waals surface area contributed by atoms with Gasteiger partial charge in [-0.1, -0.05) is 0 Å². The summed E-state index contributed by atoms with van der Waals surface area (Å²) in [4.78, 5) is 24.1. The molecular weight excluding hydrogens is 254 g/mol. The molecule has 0 bridgehead atoms. The Balaban J connectivity index is 1.83. The molecule has 6 heteroatoms. The van der Waals surface area contributed by atoms with E-state index in [-0.39, 0.29) is 18.9 Å². The van der Waals surface area contributed by atoms with Crippen molar-refractivity contribution in [1.82, 2.24) is 5.32 Å². The summed E-state index contributed by atoms with van der Waals surface area (Å²) < 4.78 is 0. The molecular formula is C12H15NO4S. The van der Waals surface area contributed by atoms with Gasteiger partial charge in [0.25, 0.3) is 5.91 Å². The zero-order valence-electron chi connectivity index (χ0n) is 9.81. The van der Waals surface area contributed by atoms with E-state index in [0.29, 0.717) is 4.88 Å². The lowest BCUT2D eigenvalue weighted by atomic mass is 10.2. The molecule has 3 N–H and O–H groups in total. The molecule has 1 aromatic rings. The Morgan fingerprint density at radius 1 is 1.44 bits per heavy atom. The first-order valence-corrected chi connectivity index (χ1v) is 6.70. The number of rotatable bonds is 5. The summed E-state index contributed by atoms with van der Waals surface area (Å²) in [5.74, 6) is -1.45.